The number of amides is 1. The maximum atomic E-state index is 13.5. The van der Waals surface area contributed by atoms with E-state index in [0.717, 1.165) is 5.56 Å². The van der Waals surface area contributed by atoms with E-state index in [4.69, 9.17) is 9.26 Å². The zero-order chi connectivity index (χ0) is 18.0. The Kier molecular flexibility index (Phi) is 4.52. The second-order valence-electron chi connectivity index (χ2n) is 5.63. The standard InChI is InChI=1S/C19H17FN2O3/c1-11-7-8-16(24-3)15(9-11)21-19(23)17-12(2)25-22-18(17)13-5-4-6-14(20)10-13/h4-10H,1-3H3,(H,21,23). The van der Waals surface area contributed by atoms with E-state index in [1.54, 1.807) is 31.2 Å². The third-order valence-electron chi connectivity index (χ3n) is 3.79. The predicted molar refractivity (Wildman–Crippen MR) is 92.3 cm³/mol. The Morgan fingerprint density at radius 3 is 2.72 bits per heavy atom. The lowest BCUT2D eigenvalue weighted by atomic mass is 10.1. The van der Waals surface area contributed by atoms with Crippen molar-refractivity contribution in [3.8, 4) is 17.0 Å². The minimum atomic E-state index is -0.412. The first kappa shape index (κ1) is 16.7. The van der Waals surface area contributed by atoms with Crippen molar-refractivity contribution in [3.05, 3.63) is 65.2 Å². The zero-order valence-corrected chi connectivity index (χ0v) is 14.1. The highest BCUT2D eigenvalue weighted by Gasteiger charge is 2.23. The molecule has 0 atom stereocenters. The molecule has 0 saturated carbocycles. The van der Waals surface area contributed by atoms with Crippen LogP contribution in [-0.4, -0.2) is 18.2 Å². The summed E-state index contributed by atoms with van der Waals surface area (Å²) in [7, 11) is 1.53. The Balaban J connectivity index is 1.99. The largest absolute Gasteiger partial charge is 0.495 e. The number of nitrogens with one attached hydrogen (secondary N) is 1. The molecule has 0 aliphatic heterocycles. The van der Waals surface area contributed by atoms with Crippen molar-refractivity contribution >= 4 is 11.6 Å². The third-order valence-corrected chi connectivity index (χ3v) is 3.79. The number of carbonyl (C=O) groups excluding carboxylic acids is 1. The molecule has 0 saturated heterocycles. The lowest BCUT2D eigenvalue weighted by molar-refractivity contribution is 0.102. The number of aryl methyl sites for hydroxylation is 2. The first-order valence-corrected chi connectivity index (χ1v) is 7.68. The van der Waals surface area contributed by atoms with Crippen molar-refractivity contribution in [2.24, 2.45) is 0 Å². The fourth-order valence-corrected chi connectivity index (χ4v) is 2.58. The maximum absolute atomic E-state index is 13.5. The van der Waals surface area contributed by atoms with Crippen molar-refractivity contribution in [2.75, 3.05) is 12.4 Å². The van der Waals surface area contributed by atoms with Crippen molar-refractivity contribution in [1.29, 1.82) is 0 Å². The highest BCUT2D eigenvalue weighted by Crippen LogP contribution is 2.29. The summed E-state index contributed by atoms with van der Waals surface area (Å²) in [5.41, 5.74) is 2.54. The van der Waals surface area contributed by atoms with Gasteiger partial charge >= 0.3 is 0 Å². The minimum absolute atomic E-state index is 0.258. The van der Waals surface area contributed by atoms with Gasteiger partial charge in [0.25, 0.3) is 5.91 Å². The Morgan fingerprint density at radius 1 is 1.20 bits per heavy atom. The molecule has 0 spiro atoms. The molecule has 25 heavy (non-hydrogen) atoms. The van der Waals surface area contributed by atoms with Gasteiger partial charge in [0.05, 0.1) is 12.8 Å². The number of hydrogen-bond donors (Lipinski definition) is 1. The molecule has 3 aromatic rings. The van der Waals surface area contributed by atoms with Gasteiger partial charge in [-0.1, -0.05) is 23.4 Å². The molecule has 0 aliphatic rings. The van der Waals surface area contributed by atoms with E-state index in [0.29, 0.717) is 28.5 Å². The lowest BCUT2D eigenvalue weighted by Gasteiger charge is -2.11. The van der Waals surface area contributed by atoms with Crippen LogP contribution in [0.25, 0.3) is 11.3 Å². The van der Waals surface area contributed by atoms with E-state index >= 15 is 0 Å². The van der Waals surface area contributed by atoms with Crippen LogP contribution < -0.4 is 10.1 Å². The van der Waals surface area contributed by atoms with Crippen molar-refractivity contribution in [3.63, 3.8) is 0 Å². The topological polar surface area (TPSA) is 64.4 Å². The number of methoxy groups -OCH3 is 1. The molecule has 1 amide bonds. The van der Waals surface area contributed by atoms with Crippen molar-refractivity contribution < 1.29 is 18.4 Å². The van der Waals surface area contributed by atoms with Gasteiger partial charge in [-0.25, -0.2) is 4.39 Å². The van der Waals surface area contributed by atoms with Crippen LogP contribution in [0.2, 0.25) is 0 Å². The normalized spacial score (nSPS) is 10.6. The van der Waals surface area contributed by atoms with Gasteiger partial charge in [0.15, 0.2) is 0 Å². The van der Waals surface area contributed by atoms with Gasteiger partial charge in [0.1, 0.15) is 28.6 Å². The molecule has 2 aromatic carbocycles. The fourth-order valence-electron chi connectivity index (χ4n) is 2.58. The van der Waals surface area contributed by atoms with E-state index in [1.807, 2.05) is 13.0 Å². The molecule has 128 valence electrons. The van der Waals surface area contributed by atoms with E-state index in [2.05, 4.69) is 10.5 Å². The van der Waals surface area contributed by atoms with Gasteiger partial charge in [-0.05, 0) is 43.7 Å². The smallest absolute Gasteiger partial charge is 0.261 e. The molecule has 3 rings (SSSR count). The highest BCUT2D eigenvalue weighted by molar-refractivity contribution is 6.09. The number of ether oxygens (including phenoxy) is 1. The summed E-state index contributed by atoms with van der Waals surface area (Å²) in [6.07, 6.45) is 0. The van der Waals surface area contributed by atoms with Gasteiger partial charge in [0.2, 0.25) is 0 Å². The Labute approximate surface area is 144 Å². The molecule has 1 aromatic heterocycles. The first-order chi connectivity index (χ1) is 12.0. The minimum Gasteiger partial charge on any atom is -0.495 e. The second-order valence-corrected chi connectivity index (χ2v) is 5.63. The summed E-state index contributed by atoms with van der Waals surface area (Å²) in [6, 6.07) is 11.3. The number of anilines is 1. The number of nitrogens with zero attached hydrogens (tertiary/aromatic N) is 1. The van der Waals surface area contributed by atoms with Crippen LogP contribution in [0, 0.1) is 19.7 Å². The molecule has 5 nitrogen and oxygen atoms in total. The van der Waals surface area contributed by atoms with Gasteiger partial charge in [0, 0.05) is 5.56 Å². The Morgan fingerprint density at radius 2 is 2.00 bits per heavy atom. The van der Waals surface area contributed by atoms with Crippen molar-refractivity contribution in [1.82, 2.24) is 5.16 Å². The molecular formula is C19H17FN2O3. The van der Waals surface area contributed by atoms with Gasteiger partial charge in [-0.2, -0.15) is 0 Å². The Hall–Kier alpha value is -3.15. The summed E-state index contributed by atoms with van der Waals surface area (Å²) in [6.45, 7) is 3.55. The number of aromatic nitrogens is 1. The Bertz CT molecular complexity index is 934. The van der Waals surface area contributed by atoms with Gasteiger partial charge in [-0.15, -0.1) is 0 Å². The van der Waals surface area contributed by atoms with Crippen LogP contribution in [0.15, 0.2) is 47.0 Å². The molecule has 0 radical (unpaired) electrons. The second kappa shape index (κ2) is 6.76. The van der Waals surface area contributed by atoms with Crippen LogP contribution in [0.5, 0.6) is 5.75 Å². The van der Waals surface area contributed by atoms with E-state index in [9.17, 15) is 9.18 Å². The summed E-state index contributed by atoms with van der Waals surface area (Å²) in [4.78, 5) is 12.8. The number of benzene rings is 2. The summed E-state index contributed by atoms with van der Waals surface area (Å²) < 4.78 is 23.9. The maximum Gasteiger partial charge on any atom is 0.261 e. The quantitative estimate of drug-likeness (QED) is 0.766. The number of hydrogen-bond acceptors (Lipinski definition) is 4. The van der Waals surface area contributed by atoms with Crippen LogP contribution in [-0.2, 0) is 0 Å². The van der Waals surface area contributed by atoms with Crippen LogP contribution in [0.4, 0.5) is 10.1 Å². The van der Waals surface area contributed by atoms with E-state index < -0.39 is 11.7 Å². The van der Waals surface area contributed by atoms with E-state index in [-0.39, 0.29) is 5.56 Å². The third kappa shape index (κ3) is 3.38. The molecule has 1 N–H and O–H groups in total. The fraction of sp³-hybridized carbons (Fsp3) is 0.158. The number of rotatable bonds is 4. The molecular weight excluding hydrogens is 323 g/mol. The van der Waals surface area contributed by atoms with E-state index in [1.165, 1.54) is 19.2 Å². The molecule has 1 heterocycles. The number of halogens is 1. The summed E-state index contributed by atoms with van der Waals surface area (Å²) in [5, 5.41) is 6.73. The average Bonchev–Trinajstić information content (AvgIpc) is 2.97. The molecule has 0 fully saturated rings. The highest BCUT2D eigenvalue weighted by atomic mass is 19.1. The van der Waals surface area contributed by atoms with Crippen LogP contribution >= 0.6 is 0 Å². The predicted octanol–water partition coefficient (Wildman–Crippen LogP) is 4.36. The molecule has 0 unspecified atom stereocenters. The van der Waals surface area contributed by atoms with Crippen LogP contribution in [0.3, 0.4) is 0 Å². The molecule has 6 heteroatoms. The summed E-state index contributed by atoms with van der Waals surface area (Å²) >= 11 is 0. The SMILES string of the molecule is COc1ccc(C)cc1NC(=O)c1c(-c2cccc(F)c2)noc1C. The lowest BCUT2D eigenvalue weighted by Crippen LogP contribution is -2.14. The zero-order valence-electron chi connectivity index (χ0n) is 14.1. The average molecular weight is 340 g/mol. The number of carbonyl (C=O) groups is 1. The van der Waals surface area contributed by atoms with Crippen molar-refractivity contribution in [2.45, 2.75) is 13.8 Å². The van der Waals surface area contributed by atoms with Gasteiger partial charge < -0.3 is 14.6 Å². The van der Waals surface area contributed by atoms with Gasteiger partial charge in [-0.3, -0.25) is 4.79 Å². The monoisotopic (exact) mass is 340 g/mol. The van der Waals surface area contributed by atoms with Crippen LogP contribution in [0.1, 0.15) is 21.7 Å². The molecule has 0 bridgehead atoms. The molecule has 0 aliphatic carbocycles. The first-order valence-electron chi connectivity index (χ1n) is 7.68. The summed E-state index contributed by atoms with van der Waals surface area (Å²) in [5.74, 6) is 0.0792.